The van der Waals surface area contributed by atoms with E-state index in [1.165, 1.54) is 34.8 Å². The molecule has 0 amide bonds. The van der Waals surface area contributed by atoms with Crippen molar-refractivity contribution in [2.75, 3.05) is 11.4 Å². The van der Waals surface area contributed by atoms with Crippen molar-refractivity contribution in [1.82, 2.24) is 0 Å². The second-order valence-electron chi connectivity index (χ2n) is 9.48. The van der Waals surface area contributed by atoms with E-state index in [2.05, 4.69) is 0 Å². The van der Waals surface area contributed by atoms with Crippen LogP contribution in [-0.4, -0.2) is 17.6 Å². The number of carboxylic acids is 1. The first-order valence-corrected chi connectivity index (χ1v) is 14.2. The summed E-state index contributed by atoms with van der Waals surface area (Å²) in [4.78, 5) is 27.9. The molecule has 0 spiro atoms. The molecule has 0 saturated carbocycles. The second-order valence-corrected chi connectivity index (χ2v) is 11.7. The first-order valence-electron chi connectivity index (χ1n) is 12.5. The molecule has 1 aliphatic rings. The smallest absolute Gasteiger partial charge is 0.346 e. The van der Waals surface area contributed by atoms with Gasteiger partial charge in [-0.05, 0) is 60.9 Å². The first kappa shape index (κ1) is 28.3. The number of rotatable bonds is 5. The number of halogens is 5. The second kappa shape index (κ2) is 10.8. The highest BCUT2D eigenvalue weighted by atomic mass is 32.1. The normalized spacial score (nSPS) is 13.3. The number of nitrogens with zero attached hydrogens (tertiary/aromatic N) is 2. The fourth-order valence-corrected chi connectivity index (χ4v) is 6.95. The van der Waals surface area contributed by atoms with Crippen LogP contribution < -0.4 is 10.5 Å². The number of aryl methyl sites for hydroxylation is 1. The van der Waals surface area contributed by atoms with Crippen molar-refractivity contribution in [1.29, 1.82) is 5.26 Å². The summed E-state index contributed by atoms with van der Waals surface area (Å²) >= 11 is 2.57. The van der Waals surface area contributed by atoms with Gasteiger partial charge in [0, 0.05) is 43.2 Å². The minimum absolute atomic E-state index is 0.0223. The molecule has 6 nitrogen and oxygen atoms in total. The predicted octanol–water partition coefficient (Wildman–Crippen LogP) is 8.02. The Morgan fingerprint density at radius 2 is 1.58 bits per heavy atom. The molecule has 3 aromatic heterocycles. The average molecular weight is 627 g/mol. The molecule has 0 fully saturated rings. The van der Waals surface area contributed by atoms with Crippen LogP contribution in [0.4, 0.5) is 33.3 Å². The number of hydrogen-bond donors (Lipinski definition) is 1. The highest BCUT2D eigenvalue weighted by Crippen LogP contribution is 2.42. The molecule has 5 aromatic rings. The van der Waals surface area contributed by atoms with E-state index in [9.17, 15) is 31.5 Å². The minimum atomic E-state index is -2.24. The van der Waals surface area contributed by atoms with Gasteiger partial charge in [0.25, 0.3) is 0 Å². The van der Waals surface area contributed by atoms with Crippen molar-refractivity contribution in [3.63, 3.8) is 0 Å². The van der Waals surface area contributed by atoms with E-state index in [4.69, 9.17) is 14.8 Å². The van der Waals surface area contributed by atoms with Crippen LogP contribution in [0.1, 0.15) is 16.9 Å². The third kappa shape index (κ3) is 4.88. The SMILES string of the molecule is N#C/C(=C\c1ccc(-c2ccc(-c3cc4cc5c(cc4oc3=O)N(c3c(F)c(F)c(F)c(F)c3F)CCC5)s2)s1)C(=O)O. The fraction of sp³-hybridized carbons (Fsp3) is 0.100. The highest BCUT2D eigenvalue weighted by molar-refractivity contribution is 7.24. The standard InChI is InChI=1S/C30H15F5N2O4S2/c31-23-24(32)26(34)28(27(35)25(23)33)37-7-1-2-13-8-14-10-17(30(40)41-19(14)11-18(13)37)20-5-6-22(43-20)21-4-3-16(42-21)9-15(12-36)29(38)39/h3-6,8-11H,1-2,7H2,(H,38,39)/b15-9+. The molecule has 0 saturated heterocycles. The van der Waals surface area contributed by atoms with Gasteiger partial charge in [-0.15, -0.1) is 22.7 Å². The van der Waals surface area contributed by atoms with Crippen LogP contribution in [0, 0.1) is 40.4 Å². The summed E-state index contributed by atoms with van der Waals surface area (Å²) in [6.45, 7) is -0.0223. The summed E-state index contributed by atoms with van der Waals surface area (Å²) in [5.74, 6) is -11.6. The Kier molecular flexibility index (Phi) is 7.11. The fourth-order valence-electron chi connectivity index (χ4n) is 4.90. The summed E-state index contributed by atoms with van der Waals surface area (Å²) in [6, 6.07) is 13.2. The summed E-state index contributed by atoms with van der Waals surface area (Å²) in [5, 5.41) is 18.6. The lowest BCUT2D eigenvalue weighted by molar-refractivity contribution is -0.132. The Labute approximate surface area is 246 Å². The van der Waals surface area contributed by atoms with E-state index >= 15 is 0 Å². The maximum Gasteiger partial charge on any atom is 0.346 e. The Morgan fingerprint density at radius 1 is 0.930 bits per heavy atom. The molecule has 1 aliphatic heterocycles. The number of benzene rings is 2. The van der Waals surface area contributed by atoms with Crippen LogP contribution in [0.15, 0.2) is 57.2 Å². The molecule has 0 unspecified atom stereocenters. The summed E-state index contributed by atoms with van der Waals surface area (Å²) in [6.07, 6.45) is 2.10. The summed E-state index contributed by atoms with van der Waals surface area (Å²) < 4.78 is 76.5. The zero-order chi connectivity index (χ0) is 30.6. The molecule has 0 aliphatic carbocycles. The number of anilines is 2. The minimum Gasteiger partial charge on any atom is -0.477 e. The molecule has 0 radical (unpaired) electrons. The van der Waals surface area contributed by atoms with Gasteiger partial charge in [-0.1, -0.05) is 0 Å². The van der Waals surface area contributed by atoms with Gasteiger partial charge in [-0.3, -0.25) is 0 Å². The van der Waals surface area contributed by atoms with Crippen molar-refractivity contribution in [3.05, 3.63) is 98.0 Å². The lowest BCUT2D eigenvalue weighted by Gasteiger charge is -2.32. The first-order chi connectivity index (χ1) is 20.6. The van der Waals surface area contributed by atoms with Crippen LogP contribution in [0.5, 0.6) is 0 Å². The number of hydrogen-bond acceptors (Lipinski definition) is 7. The van der Waals surface area contributed by atoms with Crippen molar-refractivity contribution in [2.24, 2.45) is 0 Å². The van der Waals surface area contributed by atoms with Gasteiger partial charge in [0.15, 0.2) is 23.3 Å². The topological polar surface area (TPSA) is 94.5 Å². The van der Waals surface area contributed by atoms with E-state index in [1.807, 2.05) is 0 Å². The number of carbonyl (C=O) groups is 1. The number of thiophene rings is 2. The number of carboxylic acid groups (broad SMARTS) is 1. The molecule has 1 N–H and O–H groups in total. The van der Waals surface area contributed by atoms with E-state index in [0.717, 1.165) is 14.7 Å². The zero-order valence-corrected chi connectivity index (χ0v) is 23.1. The van der Waals surface area contributed by atoms with Crippen molar-refractivity contribution < 1.29 is 36.3 Å². The van der Waals surface area contributed by atoms with Crippen LogP contribution in [0.3, 0.4) is 0 Å². The average Bonchev–Trinajstić information content (AvgIpc) is 3.67. The van der Waals surface area contributed by atoms with Gasteiger partial charge in [0.1, 0.15) is 22.9 Å². The molecule has 4 heterocycles. The van der Waals surface area contributed by atoms with Crippen molar-refractivity contribution in [3.8, 4) is 26.3 Å². The van der Waals surface area contributed by atoms with E-state index in [1.54, 1.807) is 42.5 Å². The summed E-state index contributed by atoms with van der Waals surface area (Å²) in [5.41, 5.74) is -1.10. The van der Waals surface area contributed by atoms with E-state index in [0.29, 0.717) is 33.5 Å². The van der Waals surface area contributed by atoms with Gasteiger partial charge in [-0.25, -0.2) is 31.5 Å². The number of fused-ring (bicyclic) bond motifs is 2. The third-order valence-electron chi connectivity index (χ3n) is 6.89. The molecular weight excluding hydrogens is 611 g/mol. The van der Waals surface area contributed by atoms with Crippen molar-refractivity contribution in [2.45, 2.75) is 12.8 Å². The molecule has 216 valence electrons. The van der Waals surface area contributed by atoms with E-state index in [-0.39, 0.29) is 23.4 Å². The van der Waals surface area contributed by atoms with Crippen molar-refractivity contribution >= 4 is 57.1 Å². The molecule has 6 rings (SSSR count). The van der Waals surface area contributed by atoms with Gasteiger partial charge in [0.2, 0.25) is 5.82 Å². The quantitative estimate of drug-likeness (QED) is 0.0530. The van der Waals surface area contributed by atoms with Gasteiger partial charge in [0.05, 0.1) is 5.56 Å². The number of nitriles is 1. The largest absolute Gasteiger partial charge is 0.477 e. The van der Waals surface area contributed by atoms with Crippen LogP contribution >= 0.6 is 22.7 Å². The maximum absolute atomic E-state index is 14.7. The Morgan fingerprint density at radius 3 is 2.28 bits per heavy atom. The zero-order valence-electron chi connectivity index (χ0n) is 21.5. The Hall–Kier alpha value is -4.80. The third-order valence-corrected chi connectivity index (χ3v) is 9.23. The maximum atomic E-state index is 14.7. The predicted molar refractivity (Wildman–Crippen MR) is 152 cm³/mol. The van der Waals surface area contributed by atoms with Crippen LogP contribution in [-0.2, 0) is 11.2 Å². The monoisotopic (exact) mass is 626 g/mol. The molecule has 0 bridgehead atoms. The highest BCUT2D eigenvalue weighted by Gasteiger charge is 2.32. The molecule has 13 heteroatoms. The van der Waals surface area contributed by atoms with Crippen LogP contribution in [0.2, 0.25) is 0 Å². The van der Waals surface area contributed by atoms with Crippen LogP contribution in [0.25, 0.3) is 37.2 Å². The Balaban J connectivity index is 1.37. The Bertz CT molecular complexity index is 2080. The van der Waals surface area contributed by atoms with Gasteiger partial charge in [-0.2, -0.15) is 5.26 Å². The molecule has 43 heavy (non-hydrogen) atoms. The lowest BCUT2D eigenvalue weighted by atomic mass is 9.98. The van der Waals surface area contributed by atoms with E-state index < -0.39 is 51.9 Å². The van der Waals surface area contributed by atoms with Gasteiger partial charge < -0.3 is 14.4 Å². The molecule has 2 aromatic carbocycles. The molecule has 0 atom stereocenters. The number of aliphatic carboxylic acids is 1. The van der Waals surface area contributed by atoms with Gasteiger partial charge >= 0.3 is 11.6 Å². The summed E-state index contributed by atoms with van der Waals surface area (Å²) in [7, 11) is 0. The molecular formula is C30H15F5N2O4S2. The lowest BCUT2D eigenvalue weighted by Crippen LogP contribution is -2.27.